The van der Waals surface area contributed by atoms with Crippen molar-refractivity contribution < 1.29 is 13.6 Å². The van der Waals surface area contributed by atoms with Crippen LogP contribution in [0.2, 0.25) is 26.2 Å². The van der Waals surface area contributed by atoms with Crippen LogP contribution < -0.4 is 4.74 Å². The van der Waals surface area contributed by atoms with Crippen molar-refractivity contribution in [3.8, 4) is 5.75 Å². The fourth-order valence-corrected chi connectivity index (χ4v) is 7.29. The van der Waals surface area contributed by atoms with Gasteiger partial charge in [0.15, 0.2) is 18.1 Å². The van der Waals surface area contributed by atoms with E-state index in [-0.39, 0.29) is 23.0 Å². The summed E-state index contributed by atoms with van der Waals surface area (Å²) in [6, 6.07) is 8.63. The predicted octanol–water partition coefficient (Wildman–Crippen LogP) is 8.26. The van der Waals surface area contributed by atoms with Crippen molar-refractivity contribution in [2.24, 2.45) is 10.8 Å². The van der Waals surface area contributed by atoms with Crippen LogP contribution in [-0.4, -0.2) is 18.1 Å². The predicted molar refractivity (Wildman–Crippen MR) is 147 cm³/mol. The van der Waals surface area contributed by atoms with Gasteiger partial charge in [-0.2, -0.15) is 0 Å². The van der Waals surface area contributed by atoms with Crippen molar-refractivity contribution in [2.45, 2.75) is 86.5 Å². The zero-order valence-electron chi connectivity index (χ0n) is 21.4. The maximum atomic E-state index is 6.67. The molecule has 2 aromatic rings. The van der Waals surface area contributed by atoms with Crippen molar-refractivity contribution in [1.82, 2.24) is 0 Å². The standard InChI is InChI=1S/C25H41BrO3SSi2/c1-24(2,3)22(28-31(7)8)20-12-11-18(27-15-19-13-17(26)16-30-19)14-21(20)23(25(4,5)6)29-32(9)10/h11-14,16,22-23,31-32H,15H2,1-10H3. The lowest BCUT2D eigenvalue weighted by Crippen LogP contribution is -2.31. The van der Waals surface area contributed by atoms with Crippen molar-refractivity contribution >= 4 is 45.3 Å². The molecule has 0 aliphatic heterocycles. The molecular weight excluding hydrogens is 516 g/mol. The van der Waals surface area contributed by atoms with E-state index >= 15 is 0 Å². The van der Waals surface area contributed by atoms with E-state index < -0.39 is 18.1 Å². The number of benzene rings is 1. The summed E-state index contributed by atoms with van der Waals surface area (Å²) in [6.07, 6.45) is 0.0135. The van der Waals surface area contributed by atoms with Crippen molar-refractivity contribution in [3.05, 3.63) is 50.1 Å². The minimum absolute atomic E-state index is 0.00845. The molecule has 0 amide bonds. The first-order chi connectivity index (χ1) is 14.7. The Hall–Kier alpha value is -0.446. The zero-order chi connectivity index (χ0) is 24.3. The summed E-state index contributed by atoms with van der Waals surface area (Å²) in [6.45, 7) is 23.1. The molecule has 0 aliphatic carbocycles. The van der Waals surface area contributed by atoms with Crippen LogP contribution in [0.1, 0.15) is 69.8 Å². The second-order valence-electron chi connectivity index (χ2n) is 11.2. The van der Waals surface area contributed by atoms with Crippen LogP contribution in [0.5, 0.6) is 5.75 Å². The molecule has 0 saturated heterocycles. The molecule has 2 unspecified atom stereocenters. The van der Waals surface area contributed by atoms with E-state index in [0.717, 1.165) is 10.2 Å². The summed E-state index contributed by atoms with van der Waals surface area (Å²) < 4.78 is 20.6. The molecule has 0 bridgehead atoms. The van der Waals surface area contributed by atoms with Crippen molar-refractivity contribution in [1.29, 1.82) is 0 Å². The lowest BCUT2D eigenvalue weighted by molar-refractivity contribution is 0.0653. The van der Waals surface area contributed by atoms with Gasteiger partial charge in [0, 0.05) is 14.7 Å². The van der Waals surface area contributed by atoms with E-state index in [9.17, 15) is 0 Å². The molecule has 0 N–H and O–H groups in total. The van der Waals surface area contributed by atoms with Crippen LogP contribution in [0.15, 0.2) is 34.1 Å². The van der Waals surface area contributed by atoms with Gasteiger partial charge in [0.1, 0.15) is 12.4 Å². The third-order valence-corrected chi connectivity index (χ3v) is 8.32. The number of ether oxygens (including phenoxy) is 1. The molecular formula is C25H41BrO3SSi2. The number of hydrogen-bond donors (Lipinski definition) is 0. The molecule has 1 aromatic heterocycles. The van der Waals surface area contributed by atoms with Gasteiger partial charge < -0.3 is 13.6 Å². The van der Waals surface area contributed by atoms with Crippen LogP contribution in [0.4, 0.5) is 0 Å². The number of rotatable bonds is 9. The number of thiophene rings is 1. The van der Waals surface area contributed by atoms with Gasteiger partial charge in [0.05, 0.1) is 12.2 Å². The highest BCUT2D eigenvalue weighted by Crippen LogP contribution is 2.46. The SMILES string of the molecule is C[SiH](C)OC(c1ccc(OCc2cc(Br)cs2)cc1C(O[SiH](C)C)C(C)(C)C)C(C)(C)C. The van der Waals surface area contributed by atoms with Crippen LogP contribution in [0.3, 0.4) is 0 Å². The van der Waals surface area contributed by atoms with Gasteiger partial charge in [-0.25, -0.2) is 0 Å². The average Bonchev–Trinajstić information content (AvgIpc) is 3.06. The minimum atomic E-state index is -1.28. The quantitative estimate of drug-likeness (QED) is 0.291. The van der Waals surface area contributed by atoms with E-state index in [1.807, 2.05) is 0 Å². The molecule has 0 aliphatic rings. The maximum Gasteiger partial charge on any atom is 0.171 e. The largest absolute Gasteiger partial charge is 0.488 e. The Kier molecular flexibility index (Phi) is 9.83. The smallest absolute Gasteiger partial charge is 0.171 e. The summed E-state index contributed by atoms with van der Waals surface area (Å²) >= 11 is 5.23. The number of halogens is 1. The molecule has 1 heterocycles. The molecule has 2 rings (SSSR count). The van der Waals surface area contributed by atoms with Crippen LogP contribution >= 0.6 is 27.3 Å². The monoisotopic (exact) mass is 556 g/mol. The van der Waals surface area contributed by atoms with E-state index in [1.165, 1.54) is 16.0 Å². The topological polar surface area (TPSA) is 27.7 Å². The average molecular weight is 558 g/mol. The Morgan fingerprint density at radius 1 is 0.844 bits per heavy atom. The summed E-state index contributed by atoms with van der Waals surface area (Å²) in [5.74, 6) is 0.881. The highest BCUT2D eigenvalue weighted by atomic mass is 79.9. The molecule has 1 aromatic carbocycles. The lowest BCUT2D eigenvalue weighted by atomic mass is 9.77. The third kappa shape index (κ3) is 8.10. The third-order valence-electron chi connectivity index (χ3n) is 5.02. The molecule has 0 radical (unpaired) electrons. The Bertz CT molecular complexity index is 869. The van der Waals surface area contributed by atoms with Gasteiger partial charge >= 0.3 is 0 Å². The van der Waals surface area contributed by atoms with Crippen molar-refractivity contribution in [2.75, 3.05) is 0 Å². The first-order valence-electron chi connectivity index (χ1n) is 11.5. The van der Waals surface area contributed by atoms with E-state index in [0.29, 0.717) is 6.61 Å². The van der Waals surface area contributed by atoms with Crippen LogP contribution in [0.25, 0.3) is 0 Å². The van der Waals surface area contributed by atoms with Gasteiger partial charge in [-0.1, -0.05) is 47.6 Å². The fraction of sp³-hybridized carbons (Fsp3) is 0.600. The van der Waals surface area contributed by atoms with Gasteiger partial charge in [-0.05, 0) is 82.3 Å². The van der Waals surface area contributed by atoms with Crippen molar-refractivity contribution in [3.63, 3.8) is 0 Å². The Morgan fingerprint density at radius 3 is 1.81 bits per heavy atom. The summed E-state index contributed by atoms with van der Waals surface area (Å²) in [4.78, 5) is 1.20. The Balaban J connectivity index is 2.55. The second kappa shape index (κ2) is 11.3. The first kappa shape index (κ1) is 27.8. The minimum Gasteiger partial charge on any atom is -0.488 e. The van der Waals surface area contributed by atoms with E-state index in [1.54, 1.807) is 11.3 Å². The fourth-order valence-electron chi connectivity index (χ4n) is 3.72. The molecule has 2 atom stereocenters. The molecule has 0 fully saturated rings. The molecule has 7 heteroatoms. The highest BCUT2D eigenvalue weighted by Gasteiger charge is 2.36. The number of hydrogen-bond acceptors (Lipinski definition) is 4. The van der Waals surface area contributed by atoms with Crippen LogP contribution in [-0.2, 0) is 15.5 Å². The molecule has 0 saturated carbocycles. The highest BCUT2D eigenvalue weighted by molar-refractivity contribution is 9.10. The van der Waals surface area contributed by atoms with Gasteiger partial charge in [0.25, 0.3) is 0 Å². The normalized spacial score (nSPS) is 14.8. The maximum absolute atomic E-state index is 6.67. The summed E-state index contributed by atoms with van der Waals surface area (Å²) in [5, 5.41) is 2.09. The lowest BCUT2D eigenvalue weighted by Gasteiger charge is -2.39. The van der Waals surface area contributed by atoms with Gasteiger partial charge in [-0.15, -0.1) is 11.3 Å². The summed E-state index contributed by atoms with van der Waals surface area (Å²) in [5.41, 5.74) is 2.38. The zero-order valence-corrected chi connectivity index (χ0v) is 26.1. The van der Waals surface area contributed by atoms with Gasteiger partial charge in [0.2, 0.25) is 0 Å². The summed E-state index contributed by atoms with van der Waals surface area (Å²) in [7, 11) is -2.53. The van der Waals surface area contributed by atoms with Crippen LogP contribution in [0, 0.1) is 10.8 Å². The van der Waals surface area contributed by atoms with Gasteiger partial charge in [-0.3, -0.25) is 0 Å². The first-order valence-corrected chi connectivity index (χ1v) is 18.7. The molecule has 0 spiro atoms. The van der Waals surface area contributed by atoms with E-state index in [2.05, 4.69) is 113 Å². The van der Waals surface area contributed by atoms with E-state index in [4.69, 9.17) is 13.6 Å². The Labute approximate surface area is 211 Å². The second-order valence-corrected chi connectivity index (χ2v) is 17.8. The molecule has 32 heavy (non-hydrogen) atoms. The molecule has 3 nitrogen and oxygen atoms in total. The Morgan fingerprint density at radius 2 is 1.38 bits per heavy atom. The molecule has 180 valence electrons.